The van der Waals surface area contributed by atoms with E-state index in [2.05, 4.69) is 16.0 Å². The monoisotopic (exact) mass is 450 g/mol. The largest absolute Gasteiger partial charge is 0.508 e. The fourth-order valence-electron chi connectivity index (χ4n) is 2.88. The van der Waals surface area contributed by atoms with Crippen LogP contribution in [0.2, 0.25) is 0 Å². The average Bonchev–Trinajstić information content (AvgIpc) is 2.71. The summed E-state index contributed by atoms with van der Waals surface area (Å²) in [6, 6.07) is 2.58. The molecule has 0 radical (unpaired) electrons. The molecule has 0 aliphatic heterocycles. The molecule has 0 spiro atoms. The maximum Gasteiger partial charge on any atom is 0.305 e. The summed E-state index contributed by atoms with van der Waals surface area (Å²) in [5.74, 6) is -3.28. The number of carbonyl (C=O) groups is 5. The van der Waals surface area contributed by atoms with Crippen LogP contribution < -0.4 is 21.7 Å². The highest BCUT2D eigenvalue weighted by Gasteiger charge is 2.29. The number of carboxylic acid groups (broad SMARTS) is 1. The first-order valence-corrected chi connectivity index (χ1v) is 10.1. The first-order valence-electron chi connectivity index (χ1n) is 10.1. The summed E-state index contributed by atoms with van der Waals surface area (Å²) in [6.45, 7) is 3.42. The molecule has 0 aliphatic carbocycles. The molecule has 11 heteroatoms. The summed E-state index contributed by atoms with van der Waals surface area (Å²) in [6.07, 6.45) is 0.194. The first-order chi connectivity index (χ1) is 15.0. The van der Waals surface area contributed by atoms with Crippen LogP contribution in [-0.4, -0.2) is 64.9 Å². The minimum Gasteiger partial charge on any atom is -0.508 e. The predicted octanol–water partition coefficient (Wildman–Crippen LogP) is -0.932. The molecule has 176 valence electrons. The average molecular weight is 450 g/mol. The Kier molecular flexibility index (Phi) is 10.8. The minimum absolute atomic E-state index is 0.0128. The summed E-state index contributed by atoms with van der Waals surface area (Å²) >= 11 is 0. The molecule has 0 fully saturated rings. The lowest BCUT2D eigenvalue weighted by atomic mass is 10.0. The van der Waals surface area contributed by atoms with Crippen LogP contribution in [0.5, 0.6) is 5.75 Å². The van der Waals surface area contributed by atoms with Crippen LogP contribution in [0.4, 0.5) is 0 Å². The Hall–Kier alpha value is -3.47. The maximum atomic E-state index is 12.9. The number of aliphatic carboxylic acids is 1. The highest BCUT2D eigenvalue weighted by molar-refractivity contribution is 5.94. The van der Waals surface area contributed by atoms with Crippen molar-refractivity contribution in [1.29, 1.82) is 0 Å². The molecule has 1 aromatic rings. The van der Waals surface area contributed by atoms with E-state index in [9.17, 15) is 29.1 Å². The lowest BCUT2D eigenvalue weighted by Crippen LogP contribution is -2.56. The molecule has 0 saturated carbocycles. The van der Waals surface area contributed by atoms with Gasteiger partial charge in [0.15, 0.2) is 0 Å². The number of hydrogen-bond donors (Lipinski definition) is 6. The molecule has 1 aromatic carbocycles. The van der Waals surface area contributed by atoms with Gasteiger partial charge >= 0.3 is 5.97 Å². The van der Waals surface area contributed by atoms with Gasteiger partial charge in [0, 0.05) is 6.42 Å². The number of hydrogen-bond acceptors (Lipinski definition) is 7. The van der Waals surface area contributed by atoms with Crippen molar-refractivity contribution in [2.45, 2.75) is 51.2 Å². The summed E-state index contributed by atoms with van der Waals surface area (Å²) in [7, 11) is 0. The molecule has 11 nitrogen and oxygen atoms in total. The molecular weight excluding hydrogens is 420 g/mol. The van der Waals surface area contributed by atoms with Gasteiger partial charge in [0.25, 0.3) is 0 Å². The molecular formula is C21H30N4O7. The number of amides is 3. The third-order valence-electron chi connectivity index (χ3n) is 4.44. The van der Waals surface area contributed by atoms with Gasteiger partial charge < -0.3 is 36.7 Å². The number of rotatable bonds is 13. The number of phenolic OH excluding ortho intramolecular Hbond substituents is 1. The zero-order valence-corrected chi connectivity index (χ0v) is 18.0. The summed E-state index contributed by atoms with van der Waals surface area (Å²) in [5, 5.41) is 25.6. The lowest BCUT2D eigenvalue weighted by Gasteiger charge is -2.25. The van der Waals surface area contributed by atoms with Crippen molar-refractivity contribution in [3.63, 3.8) is 0 Å². The second-order valence-corrected chi connectivity index (χ2v) is 7.74. The van der Waals surface area contributed by atoms with Gasteiger partial charge in [-0.15, -0.1) is 0 Å². The van der Waals surface area contributed by atoms with Crippen LogP contribution in [0.25, 0.3) is 0 Å². The van der Waals surface area contributed by atoms with Crippen molar-refractivity contribution in [2.75, 3.05) is 6.54 Å². The molecule has 0 aliphatic rings. The van der Waals surface area contributed by atoms with E-state index in [4.69, 9.17) is 10.8 Å². The fraction of sp³-hybridized carbons (Fsp3) is 0.476. The molecule has 0 unspecified atom stereocenters. The van der Waals surface area contributed by atoms with Gasteiger partial charge in [-0.25, -0.2) is 0 Å². The SMILES string of the molecule is CC(C)C[C@H](NC(=O)[C@@H](N)CC(=O)O)C(=O)N[C@@H](Cc1ccc(O)cc1)C(=O)NCC=O. The number of nitrogens with one attached hydrogen (secondary N) is 3. The van der Waals surface area contributed by atoms with Crippen molar-refractivity contribution in [3.8, 4) is 5.75 Å². The fourth-order valence-corrected chi connectivity index (χ4v) is 2.88. The molecule has 3 amide bonds. The first kappa shape index (κ1) is 26.6. The van der Waals surface area contributed by atoms with E-state index < -0.39 is 48.2 Å². The van der Waals surface area contributed by atoms with E-state index in [0.717, 1.165) is 0 Å². The van der Waals surface area contributed by atoms with Gasteiger partial charge in [-0.1, -0.05) is 26.0 Å². The Morgan fingerprint density at radius 3 is 2.12 bits per heavy atom. The van der Waals surface area contributed by atoms with Gasteiger partial charge in [-0.05, 0) is 30.0 Å². The number of benzene rings is 1. The van der Waals surface area contributed by atoms with Crippen molar-refractivity contribution in [3.05, 3.63) is 29.8 Å². The standard InChI is InChI=1S/C21H30N4O7/c1-12(2)9-16(24-19(30)15(22)11-18(28)29)21(32)25-17(20(31)23-7-8-26)10-13-3-5-14(27)6-4-13/h3-6,8,12,15-17,27H,7,9-11,22H2,1-2H3,(H,23,31)(H,24,30)(H,25,32)(H,28,29)/t15-,16-,17-/m0/s1. The molecule has 0 saturated heterocycles. The Morgan fingerprint density at radius 2 is 1.59 bits per heavy atom. The van der Waals surface area contributed by atoms with Gasteiger partial charge in [-0.3, -0.25) is 19.2 Å². The van der Waals surface area contributed by atoms with Crippen LogP contribution in [0.15, 0.2) is 24.3 Å². The van der Waals surface area contributed by atoms with Crippen LogP contribution >= 0.6 is 0 Å². The number of aromatic hydroxyl groups is 1. The number of phenols is 1. The van der Waals surface area contributed by atoms with E-state index in [1.807, 2.05) is 13.8 Å². The summed E-state index contributed by atoms with van der Waals surface area (Å²) in [5.41, 5.74) is 6.21. The second kappa shape index (κ2) is 13.1. The van der Waals surface area contributed by atoms with Crippen molar-refractivity contribution >= 4 is 30.0 Å². The van der Waals surface area contributed by atoms with E-state index >= 15 is 0 Å². The molecule has 0 heterocycles. The predicted molar refractivity (Wildman–Crippen MR) is 114 cm³/mol. The van der Waals surface area contributed by atoms with Gasteiger partial charge in [0.05, 0.1) is 19.0 Å². The normalized spacial score (nSPS) is 13.5. The molecule has 1 rings (SSSR count). The molecule has 7 N–H and O–H groups in total. The Bertz CT molecular complexity index is 811. The Morgan fingerprint density at radius 1 is 1.00 bits per heavy atom. The zero-order chi connectivity index (χ0) is 24.3. The number of nitrogens with two attached hydrogens (primary N) is 1. The smallest absolute Gasteiger partial charge is 0.305 e. The Balaban J connectivity index is 2.99. The van der Waals surface area contributed by atoms with Crippen LogP contribution in [0.1, 0.15) is 32.3 Å². The summed E-state index contributed by atoms with van der Waals surface area (Å²) in [4.78, 5) is 59.1. The van der Waals surface area contributed by atoms with Crippen molar-refractivity contribution in [2.24, 2.45) is 11.7 Å². The van der Waals surface area contributed by atoms with Crippen LogP contribution in [0, 0.1) is 5.92 Å². The van der Waals surface area contributed by atoms with Gasteiger partial charge in [0.1, 0.15) is 24.1 Å². The second-order valence-electron chi connectivity index (χ2n) is 7.74. The van der Waals surface area contributed by atoms with E-state index in [0.29, 0.717) is 11.8 Å². The summed E-state index contributed by atoms with van der Waals surface area (Å²) < 4.78 is 0. The molecule has 0 bridgehead atoms. The topological polar surface area (TPSA) is 188 Å². The quantitative estimate of drug-likeness (QED) is 0.208. The maximum absolute atomic E-state index is 12.9. The minimum atomic E-state index is -1.33. The van der Waals surface area contributed by atoms with Gasteiger partial charge in [-0.2, -0.15) is 0 Å². The van der Waals surface area contributed by atoms with Crippen molar-refractivity contribution in [1.82, 2.24) is 16.0 Å². The van der Waals surface area contributed by atoms with E-state index in [-0.39, 0.29) is 31.1 Å². The molecule has 0 aromatic heterocycles. The van der Waals surface area contributed by atoms with E-state index in [1.165, 1.54) is 12.1 Å². The zero-order valence-electron chi connectivity index (χ0n) is 18.0. The third kappa shape index (κ3) is 9.56. The van der Waals surface area contributed by atoms with Crippen molar-refractivity contribution < 1.29 is 34.2 Å². The third-order valence-corrected chi connectivity index (χ3v) is 4.44. The highest BCUT2D eigenvalue weighted by atomic mass is 16.4. The lowest BCUT2D eigenvalue weighted by molar-refractivity contribution is -0.140. The van der Waals surface area contributed by atoms with Crippen LogP contribution in [-0.2, 0) is 30.4 Å². The van der Waals surface area contributed by atoms with Gasteiger partial charge in [0.2, 0.25) is 17.7 Å². The molecule has 3 atom stereocenters. The highest BCUT2D eigenvalue weighted by Crippen LogP contribution is 2.12. The van der Waals surface area contributed by atoms with Crippen LogP contribution in [0.3, 0.4) is 0 Å². The molecule has 32 heavy (non-hydrogen) atoms. The van der Waals surface area contributed by atoms with E-state index in [1.54, 1.807) is 12.1 Å². The number of carboxylic acids is 1. The Labute approximate surface area is 185 Å². The number of aldehydes is 1. The number of carbonyl (C=O) groups excluding carboxylic acids is 4.